The van der Waals surface area contributed by atoms with Crippen LogP contribution < -0.4 is 14.8 Å². The third kappa shape index (κ3) is 6.49. The molecule has 31 heavy (non-hydrogen) atoms. The van der Waals surface area contributed by atoms with Gasteiger partial charge in [-0.15, -0.1) is 0 Å². The number of nitrogens with one attached hydrogen (secondary N) is 1. The molecule has 1 amide bonds. The molecule has 0 unspecified atom stereocenters. The summed E-state index contributed by atoms with van der Waals surface area (Å²) >= 11 is 0. The number of benzene rings is 2. The van der Waals surface area contributed by atoms with Crippen LogP contribution in [0.25, 0.3) is 0 Å². The van der Waals surface area contributed by atoms with Crippen LogP contribution in [0.5, 0.6) is 11.5 Å². The highest BCUT2D eigenvalue weighted by Gasteiger charge is 2.30. The molecule has 1 saturated carbocycles. The minimum atomic E-state index is -2.94. The fraction of sp³-hybridized carbons (Fsp3) is 0.391. The Hall–Kier alpha value is -3.00. The van der Waals surface area contributed by atoms with Gasteiger partial charge in [-0.3, -0.25) is 14.5 Å². The average molecular weight is 432 g/mol. The van der Waals surface area contributed by atoms with Crippen molar-refractivity contribution in [1.29, 1.82) is 0 Å². The van der Waals surface area contributed by atoms with Gasteiger partial charge in [-0.1, -0.05) is 18.2 Å². The molecule has 0 aromatic heterocycles. The van der Waals surface area contributed by atoms with Crippen LogP contribution in [0.4, 0.5) is 14.5 Å². The summed E-state index contributed by atoms with van der Waals surface area (Å²) in [7, 11) is 0. The van der Waals surface area contributed by atoms with Crippen molar-refractivity contribution in [3.63, 3.8) is 0 Å². The number of para-hydroxylation sites is 1. The smallest absolute Gasteiger partial charge is 0.387 e. The molecule has 0 atom stereocenters. The number of halogens is 2. The lowest BCUT2D eigenvalue weighted by atomic mass is 10.1. The Morgan fingerprint density at radius 2 is 1.90 bits per heavy atom. The molecule has 1 aliphatic carbocycles. The van der Waals surface area contributed by atoms with Gasteiger partial charge in [-0.05, 0) is 56.5 Å². The number of ketones is 1. The molecule has 166 valence electrons. The highest BCUT2D eigenvalue weighted by Crippen LogP contribution is 2.33. The maximum absolute atomic E-state index is 12.7. The summed E-state index contributed by atoms with van der Waals surface area (Å²) < 4.78 is 35.2. The van der Waals surface area contributed by atoms with E-state index in [1.165, 1.54) is 13.0 Å². The molecule has 0 heterocycles. The van der Waals surface area contributed by atoms with Crippen molar-refractivity contribution in [2.45, 2.75) is 45.9 Å². The Morgan fingerprint density at radius 3 is 2.55 bits per heavy atom. The van der Waals surface area contributed by atoms with Crippen molar-refractivity contribution in [2.24, 2.45) is 0 Å². The summed E-state index contributed by atoms with van der Waals surface area (Å²) in [5, 5.41) is 2.82. The molecular formula is C23H26F2N2O4. The van der Waals surface area contributed by atoms with Crippen LogP contribution in [-0.2, 0) is 11.3 Å². The Kier molecular flexibility index (Phi) is 7.57. The van der Waals surface area contributed by atoms with E-state index in [-0.39, 0.29) is 35.8 Å². The van der Waals surface area contributed by atoms with Crippen molar-refractivity contribution in [2.75, 3.05) is 18.5 Å². The Morgan fingerprint density at radius 1 is 1.16 bits per heavy atom. The van der Waals surface area contributed by atoms with Crippen LogP contribution in [0, 0.1) is 0 Å². The van der Waals surface area contributed by atoms with Gasteiger partial charge in [0, 0.05) is 18.2 Å². The van der Waals surface area contributed by atoms with Gasteiger partial charge in [0.05, 0.1) is 18.8 Å². The predicted octanol–water partition coefficient (Wildman–Crippen LogP) is 4.49. The largest absolute Gasteiger partial charge is 0.490 e. The molecule has 0 bridgehead atoms. The van der Waals surface area contributed by atoms with Gasteiger partial charge in [0.15, 0.2) is 17.3 Å². The van der Waals surface area contributed by atoms with E-state index in [1.807, 2.05) is 4.90 Å². The number of nitrogens with zero attached hydrogens (tertiary/aromatic N) is 1. The Labute approximate surface area is 180 Å². The predicted molar refractivity (Wildman–Crippen MR) is 113 cm³/mol. The molecule has 1 aliphatic rings. The maximum Gasteiger partial charge on any atom is 0.387 e. The number of amides is 1. The third-order valence-corrected chi connectivity index (χ3v) is 4.90. The molecule has 8 heteroatoms. The zero-order chi connectivity index (χ0) is 22.4. The summed E-state index contributed by atoms with van der Waals surface area (Å²) in [5.41, 5.74) is 1.78. The highest BCUT2D eigenvalue weighted by molar-refractivity contribution is 6.04. The van der Waals surface area contributed by atoms with E-state index in [0.29, 0.717) is 24.4 Å². The summed E-state index contributed by atoms with van der Waals surface area (Å²) in [5.74, 6) is -0.110. The minimum Gasteiger partial charge on any atom is -0.490 e. The van der Waals surface area contributed by atoms with Crippen LogP contribution in [0.2, 0.25) is 0 Å². The van der Waals surface area contributed by atoms with Gasteiger partial charge in [0.1, 0.15) is 0 Å². The molecule has 0 radical (unpaired) electrons. The first-order valence-corrected chi connectivity index (χ1v) is 10.2. The second kappa shape index (κ2) is 10.3. The zero-order valence-electron chi connectivity index (χ0n) is 17.6. The minimum absolute atomic E-state index is 0.0165. The van der Waals surface area contributed by atoms with E-state index in [9.17, 15) is 18.4 Å². The number of carbonyl (C=O) groups excluding carboxylic acids is 2. The monoisotopic (exact) mass is 432 g/mol. The fourth-order valence-corrected chi connectivity index (χ4v) is 3.37. The number of Topliss-reactive ketones (excluding diaryl/α,β-unsaturated/α-hetero) is 1. The number of rotatable bonds is 11. The zero-order valence-corrected chi connectivity index (χ0v) is 17.6. The normalized spacial score (nSPS) is 13.4. The fourth-order valence-electron chi connectivity index (χ4n) is 3.37. The number of hydrogen-bond acceptors (Lipinski definition) is 5. The van der Waals surface area contributed by atoms with Gasteiger partial charge in [-0.25, -0.2) is 0 Å². The van der Waals surface area contributed by atoms with Crippen LogP contribution in [0.15, 0.2) is 42.5 Å². The van der Waals surface area contributed by atoms with Gasteiger partial charge in [0.2, 0.25) is 5.91 Å². The number of ether oxygens (including phenoxy) is 2. The molecule has 0 aliphatic heterocycles. The molecule has 1 fully saturated rings. The molecule has 2 aromatic rings. The van der Waals surface area contributed by atoms with Crippen molar-refractivity contribution < 1.29 is 27.8 Å². The first kappa shape index (κ1) is 22.7. The SMILES string of the molecule is CCOc1cc(CN(CC(=O)Nc2ccccc2C(C)=O)C2CC2)ccc1OC(F)F. The molecule has 3 rings (SSSR count). The molecule has 6 nitrogen and oxygen atoms in total. The lowest BCUT2D eigenvalue weighted by Gasteiger charge is -2.22. The lowest BCUT2D eigenvalue weighted by Crippen LogP contribution is -2.34. The van der Waals surface area contributed by atoms with Gasteiger partial charge < -0.3 is 14.8 Å². The first-order valence-electron chi connectivity index (χ1n) is 10.2. The number of carbonyl (C=O) groups is 2. The van der Waals surface area contributed by atoms with Crippen LogP contribution >= 0.6 is 0 Å². The first-order chi connectivity index (χ1) is 14.9. The van der Waals surface area contributed by atoms with Gasteiger partial charge in [0.25, 0.3) is 0 Å². The van der Waals surface area contributed by atoms with E-state index < -0.39 is 6.61 Å². The van der Waals surface area contributed by atoms with Crippen molar-refractivity contribution >= 4 is 17.4 Å². The average Bonchev–Trinajstić information content (AvgIpc) is 3.55. The highest BCUT2D eigenvalue weighted by atomic mass is 19.3. The Bertz CT molecular complexity index is 932. The van der Waals surface area contributed by atoms with E-state index in [1.54, 1.807) is 43.3 Å². The molecule has 2 aromatic carbocycles. The van der Waals surface area contributed by atoms with Crippen molar-refractivity contribution in [3.05, 3.63) is 53.6 Å². The third-order valence-electron chi connectivity index (χ3n) is 4.90. The summed E-state index contributed by atoms with van der Waals surface area (Å²) in [6.07, 6.45) is 1.98. The molecule has 1 N–H and O–H groups in total. The van der Waals surface area contributed by atoms with Crippen LogP contribution in [-0.4, -0.2) is 42.4 Å². The number of hydrogen-bond donors (Lipinski definition) is 1. The van der Waals surface area contributed by atoms with E-state index in [2.05, 4.69) is 10.1 Å². The standard InChI is InChI=1S/C23H26F2N2O4/c1-3-30-21-12-16(8-11-20(21)31-23(24)25)13-27(17-9-10-17)14-22(29)26-19-7-5-4-6-18(19)15(2)28/h4-8,11-12,17,23H,3,9-10,13-14H2,1-2H3,(H,26,29). The van der Waals surface area contributed by atoms with Gasteiger partial charge >= 0.3 is 6.61 Å². The summed E-state index contributed by atoms with van der Waals surface area (Å²) in [6, 6.07) is 12.0. The summed E-state index contributed by atoms with van der Waals surface area (Å²) in [6.45, 7) is 1.21. The molecular weight excluding hydrogens is 406 g/mol. The Balaban J connectivity index is 1.70. The molecule has 0 spiro atoms. The van der Waals surface area contributed by atoms with Crippen LogP contribution in [0.3, 0.4) is 0 Å². The van der Waals surface area contributed by atoms with Crippen molar-refractivity contribution in [1.82, 2.24) is 4.90 Å². The summed E-state index contributed by atoms with van der Waals surface area (Å²) in [4.78, 5) is 26.5. The quantitative estimate of drug-likeness (QED) is 0.530. The molecule has 0 saturated heterocycles. The number of anilines is 1. The second-order valence-corrected chi connectivity index (χ2v) is 7.38. The topological polar surface area (TPSA) is 67.9 Å². The maximum atomic E-state index is 12.7. The lowest BCUT2D eigenvalue weighted by molar-refractivity contribution is -0.117. The second-order valence-electron chi connectivity index (χ2n) is 7.38. The van der Waals surface area contributed by atoms with E-state index in [4.69, 9.17) is 4.74 Å². The van der Waals surface area contributed by atoms with Crippen LogP contribution in [0.1, 0.15) is 42.6 Å². The van der Waals surface area contributed by atoms with Gasteiger partial charge in [-0.2, -0.15) is 8.78 Å². The van der Waals surface area contributed by atoms with E-state index in [0.717, 1.165) is 18.4 Å². The number of alkyl halides is 2. The van der Waals surface area contributed by atoms with E-state index >= 15 is 0 Å². The van der Waals surface area contributed by atoms with Crippen molar-refractivity contribution in [3.8, 4) is 11.5 Å².